The molecule has 3 N–H and O–H groups in total. The van der Waals surface area contributed by atoms with Gasteiger partial charge in [0, 0.05) is 0 Å². The van der Waals surface area contributed by atoms with Crippen LogP contribution in [0.2, 0.25) is 0 Å². The molecule has 1 heteroatoms. The van der Waals surface area contributed by atoms with Crippen molar-refractivity contribution in [2.45, 2.75) is 20.3 Å². The molecule has 0 spiro atoms. The second-order valence-electron chi connectivity index (χ2n) is 1.36. The van der Waals surface area contributed by atoms with E-state index in [0.29, 0.717) is 0 Å². The maximum Gasteiger partial charge on any atom is -0.0376 e. The summed E-state index contributed by atoms with van der Waals surface area (Å²) in [6.07, 6.45) is 9.36. The molecule has 0 aliphatic rings. The number of hydrogen-bond acceptors (Lipinski definition) is 1. The van der Waals surface area contributed by atoms with Gasteiger partial charge >= 0.3 is 0 Å². The van der Waals surface area contributed by atoms with E-state index in [1.54, 1.807) is 0 Å². The molecule has 0 saturated heterocycles. The Morgan fingerprint density at radius 1 is 1.25 bits per heavy atom. The van der Waals surface area contributed by atoms with Gasteiger partial charge in [-0.2, -0.15) is 0 Å². The van der Waals surface area contributed by atoms with E-state index < -0.39 is 0 Å². The van der Waals surface area contributed by atoms with Crippen molar-refractivity contribution in [1.82, 2.24) is 6.15 Å². The molecule has 0 saturated carbocycles. The topological polar surface area (TPSA) is 35.0 Å². The SMILES string of the molecule is C/C=C\C=C\CC.N. The van der Waals surface area contributed by atoms with Crippen molar-refractivity contribution < 1.29 is 0 Å². The molecule has 0 aromatic heterocycles. The van der Waals surface area contributed by atoms with Gasteiger partial charge in [-0.15, -0.1) is 0 Å². The minimum absolute atomic E-state index is 0. The Balaban J connectivity index is 0. The molecule has 0 aromatic rings. The largest absolute Gasteiger partial charge is 0.344 e. The maximum absolute atomic E-state index is 2.12. The van der Waals surface area contributed by atoms with Crippen LogP contribution in [0.3, 0.4) is 0 Å². The Hall–Kier alpha value is -0.560. The van der Waals surface area contributed by atoms with Gasteiger partial charge in [-0.05, 0) is 13.3 Å². The van der Waals surface area contributed by atoms with E-state index in [4.69, 9.17) is 0 Å². The third kappa shape index (κ3) is 9.06. The molecule has 0 radical (unpaired) electrons. The summed E-state index contributed by atoms with van der Waals surface area (Å²) in [5.74, 6) is 0. The van der Waals surface area contributed by atoms with Gasteiger partial charge < -0.3 is 6.15 Å². The van der Waals surface area contributed by atoms with Crippen LogP contribution in [-0.4, -0.2) is 0 Å². The van der Waals surface area contributed by atoms with Gasteiger partial charge in [0.25, 0.3) is 0 Å². The highest BCUT2D eigenvalue weighted by atomic mass is 14.0. The second kappa shape index (κ2) is 9.67. The van der Waals surface area contributed by atoms with Crippen LogP contribution in [0.5, 0.6) is 0 Å². The maximum atomic E-state index is 2.12. The molecule has 0 aliphatic carbocycles. The molecular weight excluding hydrogens is 98.1 g/mol. The van der Waals surface area contributed by atoms with Gasteiger partial charge in [-0.25, -0.2) is 0 Å². The minimum atomic E-state index is 0. The van der Waals surface area contributed by atoms with E-state index in [2.05, 4.69) is 19.1 Å². The van der Waals surface area contributed by atoms with Crippen LogP contribution in [-0.2, 0) is 0 Å². The van der Waals surface area contributed by atoms with Crippen LogP contribution >= 0.6 is 0 Å². The third-order valence-corrected chi connectivity index (χ3v) is 0.675. The lowest BCUT2D eigenvalue weighted by atomic mass is 10.4. The van der Waals surface area contributed by atoms with Crippen molar-refractivity contribution in [3.05, 3.63) is 24.3 Å². The lowest BCUT2D eigenvalue weighted by molar-refractivity contribution is 1.22. The summed E-state index contributed by atoms with van der Waals surface area (Å²) in [5, 5.41) is 0. The molecule has 8 heavy (non-hydrogen) atoms. The first kappa shape index (κ1) is 10.4. The van der Waals surface area contributed by atoms with Crippen LogP contribution in [0.1, 0.15) is 20.3 Å². The van der Waals surface area contributed by atoms with E-state index in [1.165, 1.54) is 0 Å². The van der Waals surface area contributed by atoms with Crippen molar-refractivity contribution in [3.8, 4) is 0 Å². The summed E-state index contributed by atoms with van der Waals surface area (Å²) in [6, 6.07) is 0. The van der Waals surface area contributed by atoms with E-state index in [1.807, 2.05) is 19.1 Å². The normalized spacial score (nSPS) is 10.2. The summed E-state index contributed by atoms with van der Waals surface area (Å²) in [6.45, 7) is 4.14. The smallest absolute Gasteiger partial charge is 0.0376 e. The van der Waals surface area contributed by atoms with Crippen LogP contribution in [0, 0.1) is 0 Å². The fourth-order valence-electron chi connectivity index (χ4n) is 0.326. The Kier molecular flexibility index (Phi) is 12.6. The number of hydrogen-bond donors (Lipinski definition) is 1. The first-order valence-corrected chi connectivity index (χ1v) is 2.69. The zero-order chi connectivity index (χ0) is 5.54. The zero-order valence-corrected chi connectivity index (χ0v) is 5.72. The summed E-state index contributed by atoms with van der Waals surface area (Å²) < 4.78 is 0. The molecule has 0 amide bonds. The van der Waals surface area contributed by atoms with Crippen molar-refractivity contribution in [2.24, 2.45) is 0 Å². The molecular formula is C7H15N. The highest BCUT2D eigenvalue weighted by molar-refractivity contribution is 5.00. The van der Waals surface area contributed by atoms with Crippen LogP contribution in [0.25, 0.3) is 0 Å². The van der Waals surface area contributed by atoms with Crippen molar-refractivity contribution in [3.63, 3.8) is 0 Å². The molecule has 0 aromatic carbocycles. The van der Waals surface area contributed by atoms with Gasteiger partial charge in [0.15, 0.2) is 0 Å². The van der Waals surface area contributed by atoms with E-state index in [-0.39, 0.29) is 6.15 Å². The highest BCUT2D eigenvalue weighted by Gasteiger charge is 1.57. The van der Waals surface area contributed by atoms with Gasteiger partial charge in [0.2, 0.25) is 0 Å². The summed E-state index contributed by atoms with van der Waals surface area (Å²) in [5.41, 5.74) is 0. The third-order valence-electron chi connectivity index (χ3n) is 0.675. The van der Waals surface area contributed by atoms with E-state index in [9.17, 15) is 0 Å². The number of rotatable bonds is 2. The lowest BCUT2D eigenvalue weighted by Crippen LogP contribution is -1.48. The number of allylic oxidation sites excluding steroid dienone is 4. The predicted octanol–water partition coefficient (Wildman–Crippen LogP) is 2.69. The first-order valence-electron chi connectivity index (χ1n) is 2.69. The van der Waals surface area contributed by atoms with Gasteiger partial charge in [0.05, 0.1) is 0 Å². The van der Waals surface area contributed by atoms with Crippen LogP contribution in [0.4, 0.5) is 0 Å². The monoisotopic (exact) mass is 113 g/mol. The zero-order valence-electron chi connectivity index (χ0n) is 5.72. The second-order valence-corrected chi connectivity index (χ2v) is 1.36. The minimum Gasteiger partial charge on any atom is -0.344 e. The fourth-order valence-corrected chi connectivity index (χ4v) is 0.326. The van der Waals surface area contributed by atoms with E-state index >= 15 is 0 Å². The predicted molar refractivity (Wildman–Crippen MR) is 39.3 cm³/mol. The van der Waals surface area contributed by atoms with Gasteiger partial charge in [-0.3, -0.25) is 0 Å². The quantitative estimate of drug-likeness (QED) is 0.549. The van der Waals surface area contributed by atoms with Gasteiger partial charge in [-0.1, -0.05) is 31.2 Å². The van der Waals surface area contributed by atoms with Crippen molar-refractivity contribution in [2.75, 3.05) is 0 Å². The standard InChI is InChI=1S/C7H12.H3N/c1-3-5-7-6-4-2;/h3,5-7H,4H2,1-2H3;1H3/b5-3-,7-6+;. The highest BCUT2D eigenvalue weighted by Crippen LogP contribution is 1.79. The molecule has 1 nitrogen and oxygen atoms in total. The molecule has 0 fully saturated rings. The molecule has 0 atom stereocenters. The van der Waals surface area contributed by atoms with Crippen molar-refractivity contribution >= 4 is 0 Å². The van der Waals surface area contributed by atoms with Crippen LogP contribution < -0.4 is 6.15 Å². The Bertz CT molecular complexity index is 72.5. The van der Waals surface area contributed by atoms with Gasteiger partial charge in [0.1, 0.15) is 0 Å². The average Bonchev–Trinajstić information content (AvgIpc) is 1.69. The first-order chi connectivity index (χ1) is 3.41. The fraction of sp³-hybridized carbons (Fsp3) is 0.429. The molecule has 0 aliphatic heterocycles. The van der Waals surface area contributed by atoms with E-state index in [0.717, 1.165) is 6.42 Å². The summed E-state index contributed by atoms with van der Waals surface area (Å²) >= 11 is 0. The van der Waals surface area contributed by atoms with Crippen molar-refractivity contribution in [1.29, 1.82) is 0 Å². The lowest BCUT2D eigenvalue weighted by Gasteiger charge is -1.70. The molecule has 0 rings (SSSR count). The Labute approximate surface area is 51.7 Å². The summed E-state index contributed by atoms with van der Waals surface area (Å²) in [7, 11) is 0. The summed E-state index contributed by atoms with van der Waals surface area (Å²) in [4.78, 5) is 0. The average molecular weight is 113 g/mol. The molecule has 48 valence electrons. The Morgan fingerprint density at radius 2 is 1.88 bits per heavy atom. The Morgan fingerprint density at radius 3 is 2.25 bits per heavy atom. The molecule has 0 unspecified atom stereocenters. The molecule has 0 heterocycles. The van der Waals surface area contributed by atoms with Crippen LogP contribution in [0.15, 0.2) is 24.3 Å². The molecule has 0 bridgehead atoms.